The third kappa shape index (κ3) is 1.53. The topological polar surface area (TPSA) is 63.8 Å². The van der Waals surface area contributed by atoms with E-state index in [1.54, 1.807) is 4.68 Å². The minimum atomic E-state index is 0.118. The second-order valence-corrected chi connectivity index (χ2v) is 4.22. The third-order valence-corrected chi connectivity index (χ3v) is 3.22. The number of aromatic nitrogens is 2. The monoisotopic (exact) mass is 199 g/mol. The van der Waals surface area contributed by atoms with Crippen LogP contribution >= 0.6 is 11.8 Å². The van der Waals surface area contributed by atoms with E-state index in [0.29, 0.717) is 13.1 Å². The van der Waals surface area contributed by atoms with Gasteiger partial charge in [-0.25, -0.2) is 0 Å². The molecule has 0 aromatic carbocycles. The molecule has 0 radical (unpaired) electrons. The summed E-state index contributed by atoms with van der Waals surface area (Å²) in [5.41, 5.74) is 7.58. The SMILES string of the molecule is NCCn1[nH]c2c(c1=O)CSCC2. The zero-order valence-corrected chi connectivity index (χ0v) is 8.19. The molecule has 72 valence electrons. The summed E-state index contributed by atoms with van der Waals surface area (Å²) < 4.78 is 1.62. The number of rotatable bonds is 2. The molecule has 0 unspecified atom stereocenters. The Morgan fingerprint density at radius 3 is 3.15 bits per heavy atom. The van der Waals surface area contributed by atoms with Crippen LogP contribution in [0, 0.1) is 0 Å². The van der Waals surface area contributed by atoms with Crippen LogP contribution in [0.1, 0.15) is 11.3 Å². The zero-order valence-electron chi connectivity index (χ0n) is 7.38. The van der Waals surface area contributed by atoms with Gasteiger partial charge in [0.2, 0.25) is 0 Å². The maximum Gasteiger partial charge on any atom is 0.270 e. The number of hydrogen-bond donors (Lipinski definition) is 2. The van der Waals surface area contributed by atoms with Crippen LogP contribution in [0.4, 0.5) is 0 Å². The van der Waals surface area contributed by atoms with E-state index in [2.05, 4.69) is 5.10 Å². The molecule has 0 spiro atoms. The lowest BCUT2D eigenvalue weighted by molar-refractivity contribution is 0.599. The van der Waals surface area contributed by atoms with E-state index in [0.717, 1.165) is 29.2 Å². The van der Waals surface area contributed by atoms with Crippen molar-refractivity contribution in [2.24, 2.45) is 5.73 Å². The molecular formula is C8H13N3OS. The lowest BCUT2D eigenvalue weighted by Crippen LogP contribution is -2.23. The van der Waals surface area contributed by atoms with Gasteiger partial charge in [-0.3, -0.25) is 14.6 Å². The molecule has 3 N–H and O–H groups in total. The van der Waals surface area contributed by atoms with E-state index in [9.17, 15) is 4.79 Å². The van der Waals surface area contributed by atoms with Crippen molar-refractivity contribution in [2.75, 3.05) is 12.3 Å². The molecule has 2 heterocycles. The smallest absolute Gasteiger partial charge is 0.270 e. The molecular weight excluding hydrogens is 186 g/mol. The van der Waals surface area contributed by atoms with E-state index in [-0.39, 0.29) is 5.56 Å². The number of H-pyrrole nitrogens is 1. The summed E-state index contributed by atoms with van der Waals surface area (Å²) in [7, 11) is 0. The van der Waals surface area contributed by atoms with Crippen molar-refractivity contribution in [3.8, 4) is 0 Å². The first-order chi connectivity index (χ1) is 6.33. The van der Waals surface area contributed by atoms with E-state index in [1.165, 1.54) is 0 Å². The van der Waals surface area contributed by atoms with E-state index in [1.807, 2.05) is 11.8 Å². The third-order valence-electron chi connectivity index (χ3n) is 2.23. The number of fused-ring (bicyclic) bond motifs is 1. The molecule has 4 nitrogen and oxygen atoms in total. The summed E-state index contributed by atoms with van der Waals surface area (Å²) in [4.78, 5) is 11.7. The Labute approximate surface area is 80.5 Å². The zero-order chi connectivity index (χ0) is 9.26. The van der Waals surface area contributed by atoms with E-state index < -0.39 is 0 Å². The van der Waals surface area contributed by atoms with Crippen molar-refractivity contribution in [1.29, 1.82) is 0 Å². The van der Waals surface area contributed by atoms with Gasteiger partial charge in [0.05, 0.1) is 6.54 Å². The summed E-state index contributed by atoms with van der Waals surface area (Å²) >= 11 is 1.82. The fraction of sp³-hybridized carbons (Fsp3) is 0.625. The van der Waals surface area contributed by atoms with Gasteiger partial charge < -0.3 is 5.73 Å². The molecule has 0 bridgehead atoms. The Hall–Kier alpha value is -0.680. The van der Waals surface area contributed by atoms with Gasteiger partial charge in [-0.05, 0) is 12.2 Å². The number of aryl methyl sites for hydroxylation is 1. The van der Waals surface area contributed by atoms with Gasteiger partial charge in [-0.15, -0.1) is 0 Å². The second-order valence-electron chi connectivity index (χ2n) is 3.12. The second kappa shape index (κ2) is 3.59. The fourth-order valence-corrected chi connectivity index (χ4v) is 2.56. The van der Waals surface area contributed by atoms with Gasteiger partial charge >= 0.3 is 0 Å². The van der Waals surface area contributed by atoms with Crippen LogP contribution in [-0.2, 0) is 18.7 Å². The first-order valence-corrected chi connectivity index (χ1v) is 5.56. The maximum absolute atomic E-state index is 11.7. The number of hydrogen-bond acceptors (Lipinski definition) is 3. The quantitative estimate of drug-likeness (QED) is 0.700. The number of nitrogens with one attached hydrogen (secondary N) is 1. The molecule has 5 heteroatoms. The number of aromatic amines is 1. The van der Waals surface area contributed by atoms with Crippen LogP contribution in [0.15, 0.2) is 4.79 Å². The van der Waals surface area contributed by atoms with Gasteiger partial charge in [-0.1, -0.05) is 0 Å². The minimum Gasteiger partial charge on any atom is -0.329 e. The molecule has 1 aliphatic rings. The number of nitrogens with two attached hydrogens (primary N) is 1. The normalized spacial score (nSPS) is 15.8. The average molecular weight is 199 g/mol. The Balaban J connectivity index is 2.39. The van der Waals surface area contributed by atoms with Crippen molar-refractivity contribution in [2.45, 2.75) is 18.7 Å². The van der Waals surface area contributed by atoms with Crippen molar-refractivity contribution in [1.82, 2.24) is 9.78 Å². The Kier molecular flexibility index (Phi) is 2.46. The van der Waals surface area contributed by atoms with Crippen LogP contribution in [0.5, 0.6) is 0 Å². The summed E-state index contributed by atoms with van der Waals surface area (Å²) in [6.45, 7) is 1.10. The average Bonchev–Trinajstić information content (AvgIpc) is 2.46. The van der Waals surface area contributed by atoms with Crippen molar-refractivity contribution >= 4 is 11.8 Å². The molecule has 0 amide bonds. The van der Waals surface area contributed by atoms with Crippen LogP contribution in [0.25, 0.3) is 0 Å². The van der Waals surface area contributed by atoms with Crippen LogP contribution in [0.2, 0.25) is 0 Å². The number of nitrogens with zero attached hydrogens (tertiary/aromatic N) is 1. The molecule has 0 saturated carbocycles. The minimum absolute atomic E-state index is 0.118. The summed E-state index contributed by atoms with van der Waals surface area (Å²) in [5, 5.41) is 3.11. The molecule has 1 aliphatic heterocycles. The molecule has 0 aliphatic carbocycles. The molecule has 0 saturated heterocycles. The predicted octanol–water partition coefficient (Wildman–Crippen LogP) is -0.0756. The van der Waals surface area contributed by atoms with Crippen LogP contribution < -0.4 is 11.3 Å². The fourth-order valence-electron chi connectivity index (χ4n) is 1.56. The molecule has 1 aromatic rings. The summed E-state index contributed by atoms with van der Waals surface area (Å²) in [5.74, 6) is 1.96. The maximum atomic E-state index is 11.7. The highest BCUT2D eigenvalue weighted by molar-refractivity contribution is 7.98. The molecule has 0 fully saturated rings. The summed E-state index contributed by atoms with van der Waals surface area (Å²) in [6.07, 6.45) is 0.979. The lowest BCUT2D eigenvalue weighted by Gasteiger charge is -2.07. The first kappa shape index (κ1) is 8.90. The predicted molar refractivity (Wildman–Crippen MR) is 54.0 cm³/mol. The van der Waals surface area contributed by atoms with Gasteiger partial charge in [-0.2, -0.15) is 11.8 Å². The standard InChI is InChI=1S/C8H13N3OS/c9-2-3-11-8(12)6-5-13-4-1-7(6)10-11/h10H,1-5,9H2. The highest BCUT2D eigenvalue weighted by Gasteiger charge is 2.16. The summed E-state index contributed by atoms with van der Waals surface area (Å²) in [6, 6.07) is 0. The lowest BCUT2D eigenvalue weighted by atomic mass is 10.2. The highest BCUT2D eigenvalue weighted by atomic mass is 32.2. The van der Waals surface area contributed by atoms with Gasteiger partial charge in [0.1, 0.15) is 0 Å². The van der Waals surface area contributed by atoms with Crippen molar-refractivity contribution in [3.05, 3.63) is 21.6 Å². The Morgan fingerprint density at radius 2 is 2.46 bits per heavy atom. The van der Waals surface area contributed by atoms with Crippen LogP contribution in [-0.4, -0.2) is 22.1 Å². The highest BCUT2D eigenvalue weighted by Crippen LogP contribution is 2.19. The van der Waals surface area contributed by atoms with Crippen molar-refractivity contribution in [3.63, 3.8) is 0 Å². The first-order valence-electron chi connectivity index (χ1n) is 4.41. The molecule has 0 atom stereocenters. The molecule has 2 rings (SSSR count). The van der Waals surface area contributed by atoms with Gasteiger partial charge in [0.15, 0.2) is 0 Å². The largest absolute Gasteiger partial charge is 0.329 e. The van der Waals surface area contributed by atoms with Crippen LogP contribution in [0.3, 0.4) is 0 Å². The number of thioether (sulfide) groups is 1. The van der Waals surface area contributed by atoms with E-state index in [4.69, 9.17) is 5.73 Å². The Bertz CT molecular complexity index is 355. The molecule has 1 aromatic heterocycles. The molecule has 13 heavy (non-hydrogen) atoms. The van der Waals surface area contributed by atoms with E-state index >= 15 is 0 Å². The van der Waals surface area contributed by atoms with Gasteiger partial charge in [0.25, 0.3) is 5.56 Å². The van der Waals surface area contributed by atoms with Gasteiger partial charge in [0, 0.05) is 23.6 Å². The van der Waals surface area contributed by atoms with Crippen molar-refractivity contribution < 1.29 is 0 Å². The Morgan fingerprint density at radius 1 is 1.62 bits per heavy atom.